The van der Waals surface area contributed by atoms with Crippen LogP contribution in [0, 0.1) is 5.92 Å². The molecule has 0 saturated heterocycles. The first-order valence-electron chi connectivity index (χ1n) is 13.9. The molecule has 3 heterocycles. The van der Waals surface area contributed by atoms with Gasteiger partial charge in [-0.2, -0.15) is 0 Å². The number of sulfone groups is 1. The highest BCUT2D eigenvalue weighted by molar-refractivity contribution is 7.92. The molecule has 0 radical (unpaired) electrons. The minimum Gasteiger partial charge on any atom is -0.381 e. The van der Waals surface area contributed by atoms with Gasteiger partial charge >= 0.3 is 0 Å². The van der Waals surface area contributed by atoms with Crippen molar-refractivity contribution in [2.45, 2.75) is 87.1 Å². The summed E-state index contributed by atoms with van der Waals surface area (Å²) in [5, 5.41) is 6.71. The highest BCUT2D eigenvalue weighted by Gasteiger charge is 2.43. The van der Waals surface area contributed by atoms with E-state index >= 15 is 0 Å². The van der Waals surface area contributed by atoms with Crippen molar-refractivity contribution in [1.82, 2.24) is 24.8 Å². The summed E-state index contributed by atoms with van der Waals surface area (Å²) in [6.45, 7) is 2.44. The van der Waals surface area contributed by atoms with Crippen LogP contribution in [-0.2, 0) is 16.4 Å². The van der Waals surface area contributed by atoms with Gasteiger partial charge in [-0.1, -0.05) is 12.8 Å². The van der Waals surface area contributed by atoms with E-state index in [2.05, 4.69) is 17.3 Å². The lowest BCUT2D eigenvalue weighted by atomic mass is 10.0. The molecule has 1 aromatic carbocycles. The van der Waals surface area contributed by atoms with Crippen molar-refractivity contribution in [3.05, 3.63) is 41.1 Å². The van der Waals surface area contributed by atoms with Gasteiger partial charge in [-0.05, 0) is 75.1 Å². The van der Waals surface area contributed by atoms with E-state index in [0.717, 1.165) is 38.5 Å². The van der Waals surface area contributed by atoms with Crippen LogP contribution >= 0.6 is 0 Å². The quantitative estimate of drug-likeness (QED) is 0.461. The first kappa shape index (κ1) is 24.6. The van der Waals surface area contributed by atoms with E-state index in [0.29, 0.717) is 53.3 Å². The number of fused-ring (bicyclic) bond motifs is 2. The van der Waals surface area contributed by atoms with Crippen molar-refractivity contribution in [3.63, 3.8) is 0 Å². The number of hydrogen-bond acceptors (Lipinski definition) is 7. The number of anilines is 1. The molecule has 2 amide bonds. The molecular weight excluding hydrogens is 516 g/mol. The van der Waals surface area contributed by atoms with Gasteiger partial charge in [0.25, 0.3) is 11.8 Å². The minimum absolute atomic E-state index is 0.0622. The molecule has 7 rings (SSSR count). The Kier molecular flexibility index (Phi) is 5.52. The molecule has 3 aliphatic carbocycles. The second kappa shape index (κ2) is 8.77. The number of nitrogens with zero attached hydrogens (tertiary/aromatic N) is 4. The van der Waals surface area contributed by atoms with Gasteiger partial charge in [-0.3, -0.25) is 9.59 Å². The standard InChI is InChI=1S/C28H32N6O4S/c1-15(16-6-7-16)33-14-18-12-17(13-22(23(18)28(33)36)39(37,38)20-4-2-3-5-20)21-10-11-34-26(31-21)24(25(29)32-34)27(35)30-19-8-9-19/h10-13,15-16,19-20H,2-9,14H2,1H3,(H2,29,32)(H,30,35). The molecule has 3 fully saturated rings. The molecule has 0 bridgehead atoms. The average molecular weight is 549 g/mol. The second-order valence-corrected chi connectivity index (χ2v) is 13.8. The normalized spacial score (nSPS) is 20.5. The molecule has 3 N–H and O–H groups in total. The Morgan fingerprint density at radius 1 is 1.13 bits per heavy atom. The van der Waals surface area contributed by atoms with Crippen LogP contribution in [-0.4, -0.2) is 57.1 Å². The Hall–Kier alpha value is -3.47. The van der Waals surface area contributed by atoms with Gasteiger partial charge in [-0.25, -0.2) is 17.9 Å². The summed E-state index contributed by atoms with van der Waals surface area (Å²) >= 11 is 0. The van der Waals surface area contributed by atoms with E-state index in [9.17, 15) is 18.0 Å². The molecule has 1 atom stereocenters. The van der Waals surface area contributed by atoms with Gasteiger partial charge in [0.2, 0.25) is 0 Å². The molecule has 1 unspecified atom stereocenters. The van der Waals surface area contributed by atoms with E-state index in [1.165, 1.54) is 4.52 Å². The molecule has 1 aliphatic heterocycles. The van der Waals surface area contributed by atoms with Gasteiger partial charge in [0.15, 0.2) is 21.3 Å². The molecule has 3 aromatic rings. The number of nitrogens with two attached hydrogens (primary N) is 1. The van der Waals surface area contributed by atoms with E-state index in [-0.39, 0.29) is 40.2 Å². The van der Waals surface area contributed by atoms with E-state index in [4.69, 9.17) is 10.7 Å². The molecule has 0 spiro atoms. The van der Waals surface area contributed by atoms with E-state index in [1.54, 1.807) is 18.3 Å². The molecule has 39 heavy (non-hydrogen) atoms. The Labute approximate surface area is 226 Å². The third-order valence-corrected chi connectivity index (χ3v) is 11.1. The summed E-state index contributed by atoms with van der Waals surface area (Å²) in [5.41, 5.74) is 8.73. The van der Waals surface area contributed by atoms with Crippen LogP contribution in [0.5, 0.6) is 0 Å². The summed E-state index contributed by atoms with van der Waals surface area (Å²) in [7, 11) is -3.72. The molecule has 10 nitrogen and oxygen atoms in total. The first-order valence-corrected chi connectivity index (χ1v) is 15.4. The van der Waals surface area contributed by atoms with Crippen molar-refractivity contribution < 1.29 is 18.0 Å². The summed E-state index contributed by atoms with van der Waals surface area (Å²) < 4.78 is 29.3. The average Bonchev–Trinajstić information content (AvgIpc) is 3.80. The number of amides is 2. The summed E-state index contributed by atoms with van der Waals surface area (Å²) in [6.07, 6.45) is 8.69. The predicted molar refractivity (Wildman–Crippen MR) is 145 cm³/mol. The zero-order valence-electron chi connectivity index (χ0n) is 21.9. The molecule has 3 saturated carbocycles. The maximum atomic E-state index is 13.9. The number of aromatic nitrogens is 3. The van der Waals surface area contributed by atoms with Crippen LogP contribution in [0.15, 0.2) is 29.3 Å². The van der Waals surface area contributed by atoms with Crippen molar-refractivity contribution in [2.75, 3.05) is 5.73 Å². The second-order valence-electron chi connectivity index (χ2n) is 11.6. The van der Waals surface area contributed by atoms with Gasteiger partial charge in [-0.15, -0.1) is 5.10 Å². The van der Waals surface area contributed by atoms with Crippen LogP contribution in [0.4, 0.5) is 5.82 Å². The Morgan fingerprint density at radius 3 is 2.56 bits per heavy atom. The van der Waals surface area contributed by atoms with Crippen molar-refractivity contribution in [1.29, 1.82) is 0 Å². The minimum atomic E-state index is -3.72. The maximum absolute atomic E-state index is 13.9. The fourth-order valence-corrected chi connectivity index (χ4v) is 8.27. The largest absolute Gasteiger partial charge is 0.381 e. The number of benzene rings is 1. The number of nitrogen functional groups attached to an aromatic ring is 1. The van der Waals surface area contributed by atoms with Crippen molar-refractivity contribution >= 4 is 33.1 Å². The Balaban J connectivity index is 1.35. The molecule has 4 aliphatic rings. The van der Waals surface area contributed by atoms with Crippen LogP contribution in [0.25, 0.3) is 16.9 Å². The van der Waals surface area contributed by atoms with Crippen LogP contribution in [0.1, 0.15) is 84.6 Å². The third-order valence-electron chi connectivity index (χ3n) is 8.79. The number of carbonyl (C=O) groups is 2. The highest BCUT2D eigenvalue weighted by Crippen LogP contribution is 2.42. The topological polar surface area (TPSA) is 140 Å². The lowest BCUT2D eigenvalue weighted by Crippen LogP contribution is -2.35. The SMILES string of the molecule is CC(C1CC1)N1Cc2cc(-c3ccn4nc(N)c(C(=O)NC5CC5)c4n3)cc(S(=O)(=O)C3CCCC3)c2C1=O. The fourth-order valence-electron chi connectivity index (χ4n) is 6.16. The maximum Gasteiger partial charge on any atom is 0.259 e. The summed E-state index contributed by atoms with van der Waals surface area (Å²) in [5.74, 6) is 0.0442. The summed E-state index contributed by atoms with van der Waals surface area (Å²) in [6, 6.07) is 5.43. The number of carbonyl (C=O) groups excluding carboxylic acids is 2. The fraction of sp³-hybridized carbons (Fsp3) is 0.500. The smallest absolute Gasteiger partial charge is 0.259 e. The van der Waals surface area contributed by atoms with E-state index < -0.39 is 15.1 Å². The zero-order chi connectivity index (χ0) is 27.1. The van der Waals surface area contributed by atoms with Crippen LogP contribution in [0.3, 0.4) is 0 Å². The predicted octanol–water partition coefficient (Wildman–Crippen LogP) is 3.34. The van der Waals surface area contributed by atoms with Crippen molar-refractivity contribution in [2.24, 2.45) is 5.92 Å². The molecule has 204 valence electrons. The first-order chi connectivity index (χ1) is 18.7. The van der Waals surface area contributed by atoms with Crippen molar-refractivity contribution in [3.8, 4) is 11.3 Å². The molecule has 2 aromatic heterocycles. The highest BCUT2D eigenvalue weighted by atomic mass is 32.2. The zero-order valence-corrected chi connectivity index (χ0v) is 22.7. The van der Waals surface area contributed by atoms with Gasteiger partial charge in [0.05, 0.1) is 21.4 Å². The summed E-state index contributed by atoms with van der Waals surface area (Å²) in [4.78, 5) is 33.3. The number of rotatable bonds is 7. The van der Waals surface area contributed by atoms with Crippen LogP contribution < -0.4 is 11.1 Å². The third kappa shape index (κ3) is 4.09. The Morgan fingerprint density at radius 2 is 1.87 bits per heavy atom. The van der Waals surface area contributed by atoms with Gasteiger partial charge < -0.3 is 16.0 Å². The van der Waals surface area contributed by atoms with Gasteiger partial charge in [0.1, 0.15) is 5.56 Å². The molecular formula is C28H32N6O4S. The van der Waals surface area contributed by atoms with Gasteiger partial charge in [0, 0.05) is 30.4 Å². The lowest BCUT2D eigenvalue weighted by Gasteiger charge is -2.24. The molecule has 11 heteroatoms. The number of hydrogen-bond donors (Lipinski definition) is 2. The lowest BCUT2D eigenvalue weighted by molar-refractivity contribution is 0.0694. The monoisotopic (exact) mass is 548 g/mol. The van der Waals surface area contributed by atoms with E-state index in [1.807, 2.05) is 11.0 Å². The Bertz CT molecular complexity index is 1630. The number of nitrogens with one attached hydrogen (secondary N) is 1. The van der Waals surface area contributed by atoms with Crippen LogP contribution in [0.2, 0.25) is 0 Å².